The van der Waals surface area contributed by atoms with E-state index in [0.29, 0.717) is 18.0 Å². The predicted molar refractivity (Wildman–Crippen MR) is 74.2 cm³/mol. The van der Waals surface area contributed by atoms with Crippen molar-refractivity contribution in [3.8, 4) is 5.75 Å². The minimum atomic E-state index is 0.433. The molecule has 0 aliphatic rings. The van der Waals surface area contributed by atoms with Crippen LogP contribution in [0.4, 0.5) is 5.69 Å². The Balaban J connectivity index is 2.01. The van der Waals surface area contributed by atoms with Gasteiger partial charge in [-0.3, -0.25) is 0 Å². The third-order valence-corrected chi connectivity index (χ3v) is 3.55. The van der Waals surface area contributed by atoms with E-state index in [1.165, 1.54) is 0 Å². The van der Waals surface area contributed by atoms with Gasteiger partial charge >= 0.3 is 0 Å². The van der Waals surface area contributed by atoms with E-state index >= 15 is 0 Å². The van der Waals surface area contributed by atoms with Crippen LogP contribution in [0.15, 0.2) is 33.7 Å². The summed E-state index contributed by atoms with van der Waals surface area (Å²) in [4.78, 5) is 1.02. The van der Waals surface area contributed by atoms with Crippen molar-refractivity contribution in [3.63, 3.8) is 0 Å². The summed E-state index contributed by atoms with van der Waals surface area (Å²) in [5.41, 5.74) is 7.27. The summed E-state index contributed by atoms with van der Waals surface area (Å²) in [5.74, 6) is 2.20. The molecule has 0 radical (unpaired) electrons. The van der Waals surface area contributed by atoms with Gasteiger partial charge in [0.1, 0.15) is 12.4 Å². The molecule has 102 valence electrons. The van der Waals surface area contributed by atoms with Gasteiger partial charge in [-0.2, -0.15) is 0 Å². The molecular weight excluding hydrogens is 264 g/mol. The highest BCUT2D eigenvalue weighted by Crippen LogP contribution is 2.32. The van der Waals surface area contributed by atoms with Gasteiger partial charge in [0.2, 0.25) is 0 Å². The van der Waals surface area contributed by atoms with E-state index in [4.69, 9.17) is 19.7 Å². The van der Waals surface area contributed by atoms with Gasteiger partial charge in [-0.05, 0) is 12.1 Å². The molecule has 5 nitrogen and oxygen atoms in total. The van der Waals surface area contributed by atoms with Crippen molar-refractivity contribution in [1.82, 2.24) is 5.16 Å². The lowest BCUT2D eigenvalue weighted by molar-refractivity contribution is 0.156. The van der Waals surface area contributed by atoms with Crippen LogP contribution in [0.1, 0.15) is 11.5 Å². The van der Waals surface area contributed by atoms with Crippen LogP contribution in [0.3, 0.4) is 0 Å². The van der Waals surface area contributed by atoms with E-state index in [-0.39, 0.29) is 0 Å². The summed E-state index contributed by atoms with van der Waals surface area (Å²) in [5, 5.41) is 3.98. The molecular formula is C13H16N2O3S. The number of hydrogen-bond donors (Lipinski definition) is 1. The zero-order chi connectivity index (χ0) is 13.7. The Morgan fingerprint density at radius 3 is 2.89 bits per heavy atom. The molecule has 2 rings (SSSR count). The Bertz CT molecular complexity index is 542. The van der Waals surface area contributed by atoms with Crippen LogP contribution >= 0.6 is 11.8 Å². The average molecular weight is 280 g/mol. The predicted octanol–water partition coefficient (Wildman–Crippen LogP) is 2.70. The summed E-state index contributed by atoms with van der Waals surface area (Å²) in [7, 11) is 3.25. The third-order valence-electron chi connectivity index (χ3n) is 2.46. The Kier molecular flexibility index (Phi) is 4.70. The molecule has 2 aromatic rings. The van der Waals surface area contributed by atoms with Crippen LogP contribution in [-0.4, -0.2) is 19.4 Å². The van der Waals surface area contributed by atoms with Gasteiger partial charge < -0.3 is 19.7 Å². The van der Waals surface area contributed by atoms with Crippen molar-refractivity contribution in [2.45, 2.75) is 17.3 Å². The van der Waals surface area contributed by atoms with Crippen molar-refractivity contribution in [2.75, 3.05) is 20.0 Å². The van der Waals surface area contributed by atoms with Gasteiger partial charge in [-0.1, -0.05) is 5.16 Å². The van der Waals surface area contributed by atoms with Crippen LogP contribution in [0.5, 0.6) is 5.75 Å². The molecule has 0 atom stereocenters. The molecule has 0 bridgehead atoms. The fourth-order valence-corrected chi connectivity index (χ4v) is 2.48. The van der Waals surface area contributed by atoms with Gasteiger partial charge in [-0.15, -0.1) is 11.8 Å². The number of hydrogen-bond acceptors (Lipinski definition) is 6. The molecule has 1 heterocycles. The maximum atomic E-state index is 5.72. The van der Waals surface area contributed by atoms with E-state index in [1.54, 1.807) is 26.0 Å². The highest BCUT2D eigenvalue weighted by Gasteiger charge is 2.08. The first-order chi connectivity index (χ1) is 9.22. The molecule has 0 spiro atoms. The largest absolute Gasteiger partial charge is 0.496 e. The number of thioether (sulfide) groups is 1. The summed E-state index contributed by atoms with van der Waals surface area (Å²) in [6.45, 7) is 0.433. The van der Waals surface area contributed by atoms with E-state index in [1.807, 2.05) is 24.3 Å². The molecule has 1 aromatic carbocycles. The van der Waals surface area contributed by atoms with Gasteiger partial charge in [0.25, 0.3) is 0 Å². The Morgan fingerprint density at radius 1 is 1.32 bits per heavy atom. The van der Waals surface area contributed by atoms with Crippen molar-refractivity contribution in [1.29, 1.82) is 0 Å². The summed E-state index contributed by atoms with van der Waals surface area (Å²) in [6, 6.07) is 7.49. The van der Waals surface area contributed by atoms with Gasteiger partial charge in [0, 0.05) is 35.6 Å². The molecule has 0 aliphatic carbocycles. The monoisotopic (exact) mass is 280 g/mol. The molecule has 0 unspecified atom stereocenters. The van der Waals surface area contributed by atoms with Crippen LogP contribution in [0.2, 0.25) is 0 Å². The fraction of sp³-hybridized carbons (Fsp3) is 0.308. The number of anilines is 1. The first-order valence-corrected chi connectivity index (χ1v) is 6.71. The summed E-state index contributed by atoms with van der Waals surface area (Å²) < 4.78 is 15.4. The number of nitrogen functional groups attached to an aromatic ring is 1. The second-order valence-corrected chi connectivity index (χ2v) is 4.93. The highest BCUT2D eigenvalue weighted by atomic mass is 32.2. The molecule has 19 heavy (non-hydrogen) atoms. The maximum Gasteiger partial charge on any atom is 0.162 e. The van der Waals surface area contributed by atoms with Crippen LogP contribution in [0, 0.1) is 0 Å². The van der Waals surface area contributed by atoms with Gasteiger partial charge in [-0.25, -0.2) is 0 Å². The second-order valence-electron chi connectivity index (χ2n) is 3.92. The Morgan fingerprint density at radius 2 is 2.16 bits per heavy atom. The number of nitrogens with zero attached hydrogens (tertiary/aromatic N) is 1. The number of benzene rings is 1. The van der Waals surface area contributed by atoms with Crippen molar-refractivity contribution < 1.29 is 14.0 Å². The number of rotatable bonds is 6. The summed E-state index contributed by atoms with van der Waals surface area (Å²) >= 11 is 1.62. The normalized spacial score (nSPS) is 10.6. The molecule has 1 aromatic heterocycles. The van der Waals surface area contributed by atoms with Crippen molar-refractivity contribution in [2.24, 2.45) is 0 Å². The molecule has 6 heteroatoms. The third kappa shape index (κ3) is 3.65. The van der Waals surface area contributed by atoms with E-state index in [0.717, 1.165) is 22.1 Å². The van der Waals surface area contributed by atoms with Crippen LogP contribution in [-0.2, 0) is 17.1 Å². The minimum absolute atomic E-state index is 0.433. The molecule has 0 saturated carbocycles. The number of ether oxygens (including phenoxy) is 2. The zero-order valence-electron chi connectivity index (χ0n) is 10.9. The molecule has 0 fully saturated rings. The standard InChI is InChI=1S/C13H16N2O3S/c1-16-7-11-6-10(15-18-11)8-19-13-4-3-9(14)5-12(13)17-2/h3-6H,7-8,14H2,1-2H3. The lowest BCUT2D eigenvalue weighted by Gasteiger charge is -2.07. The zero-order valence-corrected chi connectivity index (χ0v) is 11.7. The van der Waals surface area contributed by atoms with Gasteiger partial charge in [0.05, 0.1) is 12.8 Å². The Hall–Kier alpha value is -1.66. The lowest BCUT2D eigenvalue weighted by atomic mass is 10.3. The van der Waals surface area contributed by atoms with Crippen molar-refractivity contribution >= 4 is 17.4 Å². The topological polar surface area (TPSA) is 70.5 Å². The van der Waals surface area contributed by atoms with Gasteiger partial charge in [0.15, 0.2) is 5.76 Å². The number of methoxy groups -OCH3 is 2. The Labute approximate surface area is 116 Å². The number of nitrogens with two attached hydrogens (primary N) is 1. The van der Waals surface area contributed by atoms with E-state index < -0.39 is 0 Å². The van der Waals surface area contributed by atoms with Crippen LogP contribution < -0.4 is 10.5 Å². The van der Waals surface area contributed by atoms with Crippen molar-refractivity contribution in [3.05, 3.63) is 35.7 Å². The smallest absolute Gasteiger partial charge is 0.162 e. The molecule has 0 amide bonds. The SMILES string of the molecule is COCc1cc(CSc2ccc(N)cc2OC)no1. The first kappa shape index (κ1) is 13.8. The quantitative estimate of drug-likeness (QED) is 0.648. The van der Waals surface area contributed by atoms with Crippen LogP contribution in [0.25, 0.3) is 0 Å². The molecule has 0 saturated heterocycles. The summed E-state index contributed by atoms with van der Waals surface area (Å²) in [6.07, 6.45) is 0. The number of aromatic nitrogens is 1. The minimum Gasteiger partial charge on any atom is -0.496 e. The molecule has 0 aliphatic heterocycles. The lowest BCUT2D eigenvalue weighted by Crippen LogP contribution is -1.90. The first-order valence-electron chi connectivity index (χ1n) is 5.72. The fourth-order valence-electron chi connectivity index (χ4n) is 1.59. The average Bonchev–Trinajstić information content (AvgIpc) is 2.85. The molecule has 2 N–H and O–H groups in total. The van der Waals surface area contributed by atoms with E-state index in [9.17, 15) is 0 Å². The second kappa shape index (κ2) is 6.49. The van der Waals surface area contributed by atoms with E-state index in [2.05, 4.69) is 5.16 Å². The highest BCUT2D eigenvalue weighted by molar-refractivity contribution is 7.98. The maximum absolute atomic E-state index is 5.72.